The van der Waals surface area contributed by atoms with Crippen LogP contribution in [0.25, 0.3) is 0 Å². The summed E-state index contributed by atoms with van der Waals surface area (Å²) in [4.78, 5) is 13.8. The Morgan fingerprint density at radius 1 is 1.39 bits per heavy atom. The number of aliphatic hydroxyl groups is 1. The van der Waals surface area contributed by atoms with Gasteiger partial charge >= 0.3 is 5.97 Å². The Kier molecular flexibility index (Phi) is 6.60. The zero-order chi connectivity index (χ0) is 13.5. The summed E-state index contributed by atoms with van der Waals surface area (Å²) in [6, 6.07) is -0.344. The lowest BCUT2D eigenvalue weighted by molar-refractivity contribution is -0.144. The summed E-state index contributed by atoms with van der Waals surface area (Å²) in [6.45, 7) is 7.17. The smallest absolute Gasteiger partial charge is 0.323 e. The molecule has 5 heteroatoms. The minimum Gasteiger partial charge on any atom is -0.468 e. The highest BCUT2D eigenvalue weighted by Crippen LogP contribution is 2.08. The van der Waals surface area contributed by atoms with Crippen molar-refractivity contribution in [3.63, 3.8) is 0 Å². The number of carbonyl (C=O) groups excluding carboxylic acids is 1. The van der Waals surface area contributed by atoms with Crippen LogP contribution in [0.1, 0.15) is 26.7 Å². The molecule has 1 heterocycles. The summed E-state index contributed by atoms with van der Waals surface area (Å²) in [5.41, 5.74) is 0. The van der Waals surface area contributed by atoms with E-state index in [0.29, 0.717) is 13.1 Å². The summed E-state index contributed by atoms with van der Waals surface area (Å²) >= 11 is 0. The van der Waals surface area contributed by atoms with Crippen molar-refractivity contribution in [2.24, 2.45) is 5.92 Å². The van der Waals surface area contributed by atoms with Crippen LogP contribution in [0.2, 0.25) is 0 Å². The molecule has 0 spiro atoms. The number of β-amino-alcohol motifs (C(OH)–C–C–N with tert-alkyl or cyclic N) is 1. The Hall–Kier alpha value is -0.650. The van der Waals surface area contributed by atoms with Gasteiger partial charge in [0, 0.05) is 13.1 Å². The van der Waals surface area contributed by atoms with Crippen LogP contribution in [-0.4, -0.2) is 61.4 Å². The van der Waals surface area contributed by atoms with E-state index in [1.54, 1.807) is 0 Å². The van der Waals surface area contributed by atoms with Crippen molar-refractivity contribution in [1.82, 2.24) is 10.2 Å². The molecule has 0 bridgehead atoms. The number of ether oxygens (including phenoxy) is 1. The second-order valence-corrected chi connectivity index (χ2v) is 5.31. The fraction of sp³-hybridized carbons (Fsp3) is 0.923. The van der Waals surface area contributed by atoms with Gasteiger partial charge in [-0.1, -0.05) is 13.8 Å². The third-order valence-electron chi connectivity index (χ3n) is 3.36. The van der Waals surface area contributed by atoms with Gasteiger partial charge in [-0.05, 0) is 31.8 Å². The Morgan fingerprint density at radius 3 is 2.50 bits per heavy atom. The first-order valence-corrected chi connectivity index (χ1v) is 6.76. The Bertz CT molecular complexity index is 253. The van der Waals surface area contributed by atoms with Crippen LogP contribution in [-0.2, 0) is 9.53 Å². The van der Waals surface area contributed by atoms with Crippen molar-refractivity contribution in [3.05, 3.63) is 0 Å². The molecule has 1 fully saturated rings. The number of nitrogens with zero attached hydrogens (tertiary/aromatic N) is 1. The maximum Gasteiger partial charge on any atom is 0.323 e. The molecule has 0 saturated carbocycles. The molecule has 2 N–H and O–H groups in total. The van der Waals surface area contributed by atoms with Crippen LogP contribution >= 0.6 is 0 Å². The number of rotatable bonds is 7. The third-order valence-corrected chi connectivity index (χ3v) is 3.36. The number of carbonyl (C=O) groups is 1. The molecular weight excluding hydrogens is 232 g/mol. The lowest BCUT2D eigenvalue weighted by Gasteiger charge is -2.24. The molecule has 2 atom stereocenters. The van der Waals surface area contributed by atoms with Gasteiger partial charge in [-0.25, -0.2) is 0 Å². The van der Waals surface area contributed by atoms with E-state index in [1.807, 2.05) is 13.8 Å². The number of esters is 1. The summed E-state index contributed by atoms with van der Waals surface area (Å²) in [7, 11) is 1.39. The largest absolute Gasteiger partial charge is 0.468 e. The molecular formula is C13H26N2O3. The highest BCUT2D eigenvalue weighted by Gasteiger charge is 2.24. The van der Waals surface area contributed by atoms with Crippen molar-refractivity contribution in [3.8, 4) is 0 Å². The second kappa shape index (κ2) is 7.71. The predicted molar refractivity (Wildman–Crippen MR) is 70.3 cm³/mol. The standard InChI is InChI=1S/C13H26N2O3/c1-10(2)12(13(17)18-3)14-8-11(16)9-15-6-4-5-7-15/h10-12,14,16H,4-9H2,1-3H3. The number of hydrogen-bond acceptors (Lipinski definition) is 5. The molecule has 1 rings (SSSR count). The van der Waals surface area contributed by atoms with E-state index in [2.05, 4.69) is 10.2 Å². The quantitative estimate of drug-likeness (QED) is 0.640. The molecule has 1 aliphatic rings. The molecule has 2 unspecified atom stereocenters. The van der Waals surface area contributed by atoms with E-state index in [4.69, 9.17) is 4.74 Å². The molecule has 5 nitrogen and oxygen atoms in total. The molecule has 0 aromatic carbocycles. The Balaban J connectivity index is 2.29. The average molecular weight is 258 g/mol. The minimum atomic E-state index is -0.436. The number of aliphatic hydroxyl groups excluding tert-OH is 1. The molecule has 0 radical (unpaired) electrons. The van der Waals surface area contributed by atoms with Gasteiger partial charge < -0.3 is 20.1 Å². The van der Waals surface area contributed by atoms with E-state index in [1.165, 1.54) is 20.0 Å². The van der Waals surface area contributed by atoms with Crippen molar-refractivity contribution in [2.45, 2.75) is 38.8 Å². The SMILES string of the molecule is COC(=O)C(NCC(O)CN1CCCC1)C(C)C. The van der Waals surface area contributed by atoms with Crippen LogP contribution in [0.3, 0.4) is 0 Å². The molecule has 0 amide bonds. The normalized spacial score (nSPS) is 20.1. The average Bonchev–Trinajstić information content (AvgIpc) is 2.81. The Morgan fingerprint density at radius 2 is 2.00 bits per heavy atom. The highest BCUT2D eigenvalue weighted by molar-refractivity contribution is 5.75. The first-order chi connectivity index (χ1) is 8.54. The number of nitrogens with one attached hydrogen (secondary N) is 1. The fourth-order valence-electron chi connectivity index (χ4n) is 2.31. The Labute approximate surface area is 109 Å². The molecule has 106 valence electrons. The van der Waals surface area contributed by atoms with E-state index in [9.17, 15) is 9.90 Å². The van der Waals surface area contributed by atoms with Crippen LogP contribution < -0.4 is 5.32 Å². The molecule has 1 aliphatic heterocycles. The zero-order valence-corrected chi connectivity index (χ0v) is 11.7. The van der Waals surface area contributed by atoms with Gasteiger partial charge in [-0.2, -0.15) is 0 Å². The summed E-state index contributed by atoms with van der Waals surface area (Å²) in [5.74, 6) is -0.116. The van der Waals surface area contributed by atoms with E-state index in [-0.39, 0.29) is 17.9 Å². The van der Waals surface area contributed by atoms with Gasteiger partial charge in [-0.3, -0.25) is 4.79 Å². The van der Waals surface area contributed by atoms with Crippen LogP contribution in [0, 0.1) is 5.92 Å². The molecule has 18 heavy (non-hydrogen) atoms. The summed E-state index contributed by atoms with van der Waals surface area (Å²) < 4.78 is 4.75. The fourth-order valence-corrected chi connectivity index (χ4v) is 2.31. The monoisotopic (exact) mass is 258 g/mol. The third kappa shape index (κ3) is 4.92. The maximum absolute atomic E-state index is 11.5. The molecule has 0 aliphatic carbocycles. The first kappa shape index (κ1) is 15.4. The number of hydrogen-bond donors (Lipinski definition) is 2. The number of likely N-dealkylation sites (tertiary alicyclic amines) is 1. The zero-order valence-electron chi connectivity index (χ0n) is 11.7. The van der Waals surface area contributed by atoms with Gasteiger partial charge in [0.15, 0.2) is 0 Å². The second-order valence-electron chi connectivity index (χ2n) is 5.31. The van der Waals surface area contributed by atoms with Gasteiger partial charge in [-0.15, -0.1) is 0 Å². The van der Waals surface area contributed by atoms with Crippen molar-refractivity contribution >= 4 is 5.97 Å². The van der Waals surface area contributed by atoms with Crippen LogP contribution in [0.4, 0.5) is 0 Å². The van der Waals surface area contributed by atoms with E-state index < -0.39 is 6.10 Å². The minimum absolute atomic E-state index is 0.149. The molecule has 0 aromatic rings. The van der Waals surface area contributed by atoms with Crippen LogP contribution in [0.15, 0.2) is 0 Å². The lowest BCUT2D eigenvalue weighted by Crippen LogP contribution is -2.47. The van der Waals surface area contributed by atoms with Crippen molar-refractivity contribution in [1.29, 1.82) is 0 Å². The topological polar surface area (TPSA) is 61.8 Å². The van der Waals surface area contributed by atoms with Crippen molar-refractivity contribution in [2.75, 3.05) is 33.3 Å². The van der Waals surface area contributed by atoms with Gasteiger partial charge in [0.25, 0.3) is 0 Å². The highest BCUT2D eigenvalue weighted by atomic mass is 16.5. The molecule has 0 aromatic heterocycles. The maximum atomic E-state index is 11.5. The summed E-state index contributed by atoms with van der Waals surface area (Å²) in [5, 5.41) is 13.0. The van der Waals surface area contributed by atoms with Gasteiger partial charge in [0.2, 0.25) is 0 Å². The molecule has 1 saturated heterocycles. The van der Waals surface area contributed by atoms with Gasteiger partial charge in [0.05, 0.1) is 13.2 Å². The van der Waals surface area contributed by atoms with Crippen molar-refractivity contribution < 1.29 is 14.6 Å². The van der Waals surface area contributed by atoms with Gasteiger partial charge in [0.1, 0.15) is 6.04 Å². The summed E-state index contributed by atoms with van der Waals surface area (Å²) in [6.07, 6.45) is 2.00. The lowest BCUT2D eigenvalue weighted by atomic mass is 10.0. The number of methoxy groups -OCH3 is 1. The van der Waals surface area contributed by atoms with E-state index in [0.717, 1.165) is 13.1 Å². The van der Waals surface area contributed by atoms with E-state index >= 15 is 0 Å². The first-order valence-electron chi connectivity index (χ1n) is 6.76. The van der Waals surface area contributed by atoms with Crippen LogP contribution in [0.5, 0.6) is 0 Å². The predicted octanol–water partition coefficient (Wildman–Crippen LogP) is 0.230.